The van der Waals surface area contributed by atoms with E-state index >= 15 is 0 Å². The molecule has 0 saturated carbocycles. The third kappa shape index (κ3) is 4.09. The highest BCUT2D eigenvalue weighted by atomic mass is 16.2. The number of amides is 2. The summed E-state index contributed by atoms with van der Waals surface area (Å²) < 4.78 is 0. The summed E-state index contributed by atoms with van der Waals surface area (Å²) in [5, 5.41) is 5.34. The molecule has 0 radical (unpaired) electrons. The summed E-state index contributed by atoms with van der Waals surface area (Å²) in [6.07, 6.45) is 0.432. The van der Waals surface area contributed by atoms with Crippen LogP contribution in [0.3, 0.4) is 0 Å². The summed E-state index contributed by atoms with van der Waals surface area (Å²) in [5.74, 6) is -0.530. The molecular weight excluding hydrogens is 278 g/mol. The van der Waals surface area contributed by atoms with Gasteiger partial charge in [-0.05, 0) is 29.8 Å². The second-order valence-electron chi connectivity index (χ2n) is 4.95. The Morgan fingerprint density at radius 3 is 2.27 bits per heavy atom. The average Bonchev–Trinajstić information content (AvgIpc) is 2.55. The van der Waals surface area contributed by atoms with Gasteiger partial charge < -0.3 is 16.4 Å². The number of hydrogen-bond donors (Lipinski definition) is 3. The molecule has 0 aliphatic heterocycles. The van der Waals surface area contributed by atoms with Crippen LogP contribution in [0.25, 0.3) is 0 Å². The summed E-state index contributed by atoms with van der Waals surface area (Å²) in [4.78, 5) is 24.2. The number of rotatable bonds is 5. The zero-order valence-corrected chi connectivity index (χ0v) is 12.4. The first-order valence-corrected chi connectivity index (χ1v) is 7.02. The minimum absolute atomic E-state index is 0.229. The van der Waals surface area contributed by atoms with Crippen LogP contribution in [0.1, 0.15) is 15.9 Å². The number of benzene rings is 2. The highest BCUT2D eigenvalue weighted by molar-refractivity contribution is 5.97. The molecule has 4 N–H and O–H groups in total. The summed E-state index contributed by atoms with van der Waals surface area (Å²) in [7, 11) is 1.55. The lowest BCUT2D eigenvalue weighted by Gasteiger charge is -2.17. The molecule has 0 saturated heterocycles. The first-order valence-electron chi connectivity index (χ1n) is 7.02. The molecule has 5 nitrogen and oxygen atoms in total. The average molecular weight is 297 g/mol. The molecule has 0 bridgehead atoms. The monoisotopic (exact) mass is 297 g/mol. The number of carbonyl (C=O) groups is 2. The zero-order chi connectivity index (χ0) is 15.9. The van der Waals surface area contributed by atoms with Crippen molar-refractivity contribution in [2.45, 2.75) is 12.5 Å². The number of anilines is 1. The Morgan fingerprint density at radius 2 is 1.68 bits per heavy atom. The van der Waals surface area contributed by atoms with Crippen molar-refractivity contribution in [1.82, 2.24) is 10.6 Å². The van der Waals surface area contributed by atoms with E-state index in [-0.39, 0.29) is 11.8 Å². The summed E-state index contributed by atoms with van der Waals surface area (Å²) in [5.41, 5.74) is 7.64. The van der Waals surface area contributed by atoms with Gasteiger partial charge >= 0.3 is 0 Å². The third-order valence-corrected chi connectivity index (χ3v) is 3.32. The Balaban J connectivity index is 2.11. The fraction of sp³-hybridized carbons (Fsp3) is 0.176. The molecule has 2 amide bonds. The largest absolute Gasteiger partial charge is 0.399 e. The van der Waals surface area contributed by atoms with Crippen molar-refractivity contribution in [3.63, 3.8) is 0 Å². The normalized spacial score (nSPS) is 11.5. The fourth-order valence-electron chi connectivity index (χ4n) is 2.11. The third-order valence-electron chi connectivity index (χ3n) is 3.32. The highest BCUT2D eigenvalue weighted by Crippen LogP contribution is 2.08. The molecule has 0 unspecified atom stereocenters. The van der Waals surface area contributed by atoms with Gasteiger partial charge in [-0.25, -0.2) is 0 Å². The minimum Gasteiger partial charge on any atom is -0.399 e. The van der Waals surface area contributed by atoms with Gasteiger partial charge in [0.2, 0.25) is 5.91 Å². The van der Waals surface area contributed by atoms with Gasteiger partial charge in [0.25, 0.3) is 5.91 Å². The standard InChI is InChI=1S/C17H19N3O2/c1-19-17(22)15(11-12-5-3-2-4-6-12)20-16(21)13-7-9-14(18)10-8-13/h2-10,15H,11,18H2,1H3,(H,19,22)(H,20,21)/t15-/m0/s1. The maximum Gasteiger partial charge on any atom is 0.251 e. The van der Waals surface area contributed by atoms with E-state index in [1.807, 2.05) is 30.3 Å². The van der Waals surface area contributed by atoms with E-state index in [0.717, 1.165) is 5.56 Å². The molecule has 0 fully saturated rings. The Labute approximate surface area is 129 Å². The zero-order valence-electron chi connectivity index (χ0n) is 12.4. The molecule has 114 valence electrons. The van der Waals surface area contributed by atoms with Crippen molar-refractivity contribution in [3.05, 3.63) is 65.7 Å². The van der Waals surface area contributed by atoms with Crippen LogP contribution in [-0.2, 0) is 11.2 Å². The van der Waals surface area contributed by atoms with Gasteiger partial charge in [-0.1, -0.05) is 30.3 Å². The van der Waals surface area contributed by atoms with E-state index in [4.69, 9.17) is 5.73 Å². The van der Waals surface area contributed by atoms with Crippen LogP contribution in [0.2, 0.25) is 0 Å². The molecule has 0 aliphatic rings. The summed E-state index contributed by atoms with van der Waals surface area (Å²) >= 11 is 0. The minimum atomic E-state index is -0.627. The van der Waals surface area contributed by atoms with E-state index in [0.29, 0.717) is 17.7 Å². The maximum absolute atomic E-state index is 12.2. The van der Waals surface area contributed by atoms with Gasteiger partial charge in [0.15, 0.2) is 0 Å². The lowest BCUT2D eigenvalue weighted by molar-refractivity contribution is -0.122. The summed E-state index contributed by atoms with van der Waals surface area (Å²) in [6, 6.07) is 15.5. The van der Waals surface area contributed by atoms with Crippen LogP contribution in [0.15, 0.2) is 54.6 Å². The smallest absolute Gasteiger partial charge is 0.251 e. The van der Waals surface area contributed by atoms with Crippen LogP contribution in [0.4, 0.5) is 5.69 Å². The lowest BCUT2D eigenvalue weighted by atomic mass is 10.0. The molecule has 0 aliphatic carbocycles. The number of nitrogens with two attached hydrogens (primary N) is 1. The number of hydrogen-bond acceptors (Lipinski definition) is 3. The Bertz CT molecular complexity index is 639. The van der Waals surface area contributed by atoms with Gasteiger partial charge in [-0.15, -0.1) is 0 Å². The molecule has 5 heteroatoms. The SMILES string of the molecule is CNC(=O)[C@H](Cc1ccccc1)NC(=O)c1ccc(N)cc1. The maximum atomic E-state index is 12.2. The van der Waals surface area contributed by atoms with E-state index < -0.39 is 6.04 Å². The Morgan fingerprint density at radius 1 is 1.05 bits per heavy atom. The van der Waals surface area contributed by atoms with Crippen molar-refractivity contribution < 1.29 is 9.59 Å². The van der Waals surface area contributed by atoms with Gasteiger partial charge in [-0.3, -0.25) is 9.59 Å². The predicted octanol–water partition coefficient (Wildman–Crippen LogP) is 1.36. The van der Waals surface area contributed by atoms with E-state index in [9.17, 15) is 9.59 Å². The van der Waals surface area contributed by atoms with Crippen LogP contribution in [-0.4, -0.2) is 24.9 Å². The van der Waals surface area contributed by atoms with Crippen LogP contribution in [0.5, 0.6) is 0 Å². The fourth-order valence-corrected chi connectivity index (χ4v) is 2.11. The van der Waals surface area contributed by atoms with Gasteiger partial charge in [0.05, 0.1) is 0 Å². The van der Waals surface area contributed by atoms with E-state index in [2.05, 4.69) is 10.6 Å². The molecular formula is C17H19N3O2. The van der Waals surface area contributed by atoms with Crippen LogP contribution in [0, 0.1) is 0 Å². The van der Waals surface area contributed by atoms with Crippen molar-refractivity contribution in [2.75, 3.05) is 12.8 Å². The Kier molecular flexibility index (Phi) is 5.14. The summed E-state index contributed by atoms with van der Waals surface area (Å²) in [6.45, 7) is 0. The van der Waals surface area contributed by atoms with Crippen molar-refractivity contribution in [2.24, 2.45) is 0 Å². The molecule has 2 rings (SSSR count). The van der Waals surface area contributed by atoms with Gasteiger partial charge in [0.1, 0.15) is 6.04 Å². The number of nitrogen functional groups attached to an aromatic ring is 1. The van der Waals surface area contributed by atoms with Crippen molar-refractivity contribution >= 4 is 17.5 Å². The second-order valence-corrected chi connectivity index (χ2v) is 4.95. The molecule has 0 heterocycles. The van der Waals surface area contributed by atoms with Crippen molar-refractivity contribution in [3.8, 4) is 0 Å². The molecule has 0 spiro atoms. The predicted molar refractivity (Wildman–Crippen MR) is 86.3 cm³/mol. The Hall–Kier alpha value is -2.82. The molecule has 2 aromatic rings. The molecule has 2 aromatic carbocycles. The van der Waals surface area contributed by atoms with Gasteiger partial charge in [0, 0.05) is 24.7 Å². The lowest BCUT2D eigenvalue weighted by Crippen LogP contribution is -2.47. The van der Waals surface area contributed by atoms with Crippen LogP contribution >= 0.6 is 0 Å². The van der Waals surface area contributed by atoms with Crippen molar-refractivity contribution in [1.29, 1.82) is 0 Å². The first kappa shape index (κ1) is 15.6. The highest BCUT2D eigenvalue weighted by Gasteiger charge is 2.20. The molecule has 1 atom stereocenters. The van der Waals surface area contributed by atoms with Crippen LogP contribution < -0.4 is 16.4 Å². The quantitative estimate of drug-likeness (QED) is 0.728. The van der Waals surface area contributed by atoms with E-state index in [1.165, 1.54) is 0 Å². The molecule has 0 aromatic heterocycles. The van der Waals surface area contributed by atoms with E-state index in [1.54, 1.807) is 31.3 Å². The number of carbonyl (C=O) groups excluding carboxylic acids is 2. The van der Waals surface area contributed by atoms with Gasteiger partial charge in [-0.2, -0.15) is 0 Å². The number of nitrogens with one attached hydrogen (secondary N) is 2. The topological polar surface area (TPSA) is 84.2 Å². The second kappa shape index (κ2) is 7.26. The molecule has 22 heavy (non-hydrogen) atoms. The number of likely N-dealkylation sites (N-methyl/N-ethyl adjacent to an activating group) is 1. The first-order chi connectivity index (χ1) is 10.6.